The standard InChI is InChI=1S/C15H20ClN3O2/c1-9(2)6-12(15(20)21)17-8-14-18-11-7-10(16)4-5-13(11)19(14)3/h4-5,7,9,12,17H,6,8H2,1-3H3,(H,20,21)/t12-/m1/s1. The number of carboxylic acid groups (broad SMARTS) is 1. The van der Waals surface area contributed by atoms with Gasteiger partial charge in [-0.15, -0.1) is 0 Å². The molecule has 0 aliphatic carbocycles. The van der Waals surface area contributed by atoms with Crippen LogP contribution in [0.2, 0.25) is 5.02 Å². The summed E-state index contributed by atoms with van der Waals surface area (Å²) in [6.07, 6.45) is 0.588. The van der Waals surface area contributed by atoms with Crippen LogP contribution in [0.3, 0.4) is 0 Å². The Bertz CT molecular complexity index is 652. The molecule has 0 amide bonds. The Kier molecular flexibility index (Phi) is 4.85. The topological polar surface area (TPSA) is 67.2 Å². The van der Waals surface area contributed by atoms with Crippen LogP contribution in [-0.4, -0.2) is 26.7 Å². The fourth-order valence-corrected chi connectivity index (χ4v) is 2.50. The van der Waals surface area contributed by atoms with E-state index in [1.165, 1.54) is 0 Å². The minimum atomic E-state index is -0.828. The number of aliphatic carboxylic acids is 1. The molecule has 0 bridgehead atoms. The van der Waals surface area contributed by atoms with Crippen LogP contribution >= 0.6 is 11.6 Å². The predicted molar refractivity (Wildman–Crippen MR) is 83.4 cm³/mol. The van der Waals surface area contributed by atoms with E-state index in [-0.39, 0.29) is 0 Å². The van der Waals surface area contributed by atoms with Gasteiger partial charge in [-0.1, -0.05) is 25.4 Å². The molecule has 0 spiro atoms. The SMILES string of the molecule is CC(C)C[C@@H](NCc1nc2cc(Cl)ccc2n1C)C(=O)O. The zero-order valence-corrected chi connectivity index (χ0v) is 13.2. The Morgan fingerprint density at radius 2 is 2.19 bits per heavy atom. The molecule has 1 atom stereocenters. The van der Waals surface area contributed by atoms with Crippen molar-refractivity contribution in [2.24, 2.45) is 13.0 Å². The normalized spacial score (nSPS) is 13.0. The van der Waals surface area contributed by atoms with E-state index in [1.54, 1.807) is 0 Å². The van der Waals surface area contributed by atoms with Crippen molar-refractivity contribution in [1.29, 1.82) is 0 Å². The van der Waals surface area contributed by atoms with Crippen LogP contribution in [0.5, 0.6) is 0 Å². The van der Waals surface area contributed by atoms with Crippen molar-refractivity contribution >= 4 is 28.6 Å². The molecule has 0 aliphatic rings. The number of rotatable bonds is 6. The van der Waals surface area contributed by atoms with Gasteiger partial charge in [0.25, 0.3) is 0 Å². The summed E-state index contributed by atoms with van der Waals surface area (Å²) in [6.45, 7) is 4.43. The second-order valence-corrected chi connectivity index (χ2v) is 6.06. The number of nitrogens with one attached hydrogen (secondary N) is 1. The first-order chi connectivity index (χ1) is 9.88. The number of aryl methyl sites for hydroxylation is 1. The Balaban J connectivity index is 2.15. The number of carbonyl (C=O) groups is 1. The number of hydrogen-bond donors (Lipinski definition) is 2. The molecule has 0 saturated heterocycles. The van der Waals surface area contributed by atoms with Crippen molar-refractivity contribution in [1.82, 2.24) is 14.9 Å². The molecule has 1 heterocycles. The number of aromatic nitrogens is 2. The van der Waals surface area contributed by atoms with E-state index in [2.05, 4.69) is 10.3 Å². The van der Waals surface area contributed by atoms with Crippen LogP contribution < -0.4 is 5.32 Å². The first-order valence-electron chi connectivity index (χ1n) is 6.95. The van der Waals surface area contributed by atoms with Gasteiger partial charge in [0.05, 0.1) is 17.6 Å². The van der Waals surface area contributed by atoms with Crippen LogP contribution in [0.4, 0.5) is 0 Å². The maximum Gasteiger partial charge on any atom is 0.320 e. The monoisotopic (exact) mass is 309 g/mol. The number of hydrogen-bond acceptors (Lipinski definition) is 3. The molecule has 1 aromatic heterocycles. The van der Waals surface area contributed by atoms with Crippen LogP contribution in [0.15, 0.2) is 18.2 Å². The summed E-state index contributed by atoms with van der Waals surface area (Å²) in [4.78, 5) is 15.8. The van der Waals surface area contributed by atoms with Crippen molar-refractivity contribution in [3.63, 3.8) is 0 Å². The largest absolute Gasteiger partial charge is 0.480 e. The lowest BCUT2D eigenvalue weighted by Crippen LogP contribution is -2.37. The molecule has 0 fully saturated rings. The van der Waals surface area contributed by atoms with E-state index >= 15 is 0 Å². The van der Waals surface area contributed by atoms with Gasteiger partial charge >= 0.3 is 5.97 Å². The Labute approximate surface area is 128 Å². The second kappa shape index (κ2) is 6.45. The van der Waals surface area contributed by atoms with Gasteiger partial charge in [-0.2, -0.15) is 0 Å². The van der Waals surface area contributed by atoms with E-state index < -0.39 is 12.0 Å². The number of fused-ring (bicyclic) bond motifs is 1. The third kappa shape index (κ3) is 3.74. The Morgan fingerprint density at radius 1 is 1.48 bits per heavy atom. The first kappa shape index (κ1) is 15.8. The van der Waals surface area contributed by atoms with E-state index in [0.717, 1.165) is 16.9 Å². The molecule has 2 aromatic rings. The van der Waals surface area contributed by atoms with Gasteiger partial charge in [0.2, 0.25) is 0 Å². The molecule has 2 N–H and O–H groups in total. The Hall–Kier alpha value is -1.59. The van der Waals surface area contributed by atoms with Crippen molar-refractivity contribution in [3.8, 4) is 0 Å². The molecule has 5 nitrogen and oxygen atoms in total. The summed E-state index contributed by atoms with van der Waals surface area (Å²) in [7, 11) is 1.92. The smallest absolute Gasteiger partial charge is 0.320 e. The summed E-state index contributed by atoms with van der Waals surface area (Å²) in [6, 6.07) is 4.98. The quantitative estimate of drug-likeness (QED) is 0.861. The molecular weight excluding hydrogens is 290 g/mol. The average Bonchev–Trinajstić information content (AvgIpc) is 2.70. The van der Waals surface area contributed by atoms with Crippen molar-refractivity contribution < 1.29 is 9.90 Å². The Morgan fingerprint density at radius 3 is 2.81 bits per heavy atom. The molecule has 6 heteroatoms. The molecule has 0 radical (unpaired) electrons. The van der Waals surface area contributed by atoms with Gasteiger partial charge in [-0.25, -0.2) is 4.98 Å². The molecule has 0 aliphatic heterocycles. The van der Waals surface area contributed by atoms with Crippen LogP contribution in [-0.2, 0) is 18.4 Å². The summed E-state index contributed by atoms with van der Waals surface area (Å²) in [5.41, 5.74) is 1.80. The van der Waals surface area contributed by atoms with Gasteiger partial charge in [0.15, 0.2) is 0 Å². The minimum absolute atomic E-state index is 0.317. The summed E-state index contributed by atoms with van der Waals surface area (Å²) >= 11 is 5.96. The highest BCUT2D eigenvalue weighted by molar-refractivity contribution is 6.31. The zero-order valence-electron chi connectivity index (χ0n) is 12.4. The molecule has 1 aromatic carbocycles. The highest BCUT2D eigenvalue weighted by Crippen LogP contribution is 2.19. The van der Waals surface area contributed by atoms with Gasteiger partial charge in [-0.3, -0.25) is 10.1 Å². The fraction of sp³-hybridized carbons (Fsp3) is 0.467. The molecular formula is C15H20ClN3O2. The predicted octanol–water partition coefficient (Wildman–Crippen LogP) is 2.82. The van der Waals surface area contributed by atoms with Gasteiger partial charge in [-0.05, 0) is 30.5 Å². The van der Waals surface area contributed by atoms with Crippen molar-refractivity contribution in [3.05, 3.63) is 29.0 Å². The lowest BCUT2D eigenvalue weighted by Gasteiger charge is -2.16. The molecule has 2 rings (SSSR count). The lowest BCUT2D eigenvalue weighted by molar-refractivity contribution is -0.140. The summed E-state index contributed by atoms with van der Waals surface area (Å²) < 4.78 is 1.95. The highest BCUT2D eigenvalue weighted by Gasteiger charge is 2.19. The maximum absolute atomic E-state index is 11.3. The molecule has 0 saturated carbocycles. The molecule has 114 valence electrons. The maximum atomic E-state index is 11.3. The van der Waals surface area contributed by atoms with Gasteiger partial charge in [0.1, 0.15) is 11.9 Å². The van der Waals surface area contributed by atoms with E-state index in [4.69, 9.17) is 11.6 Å². The molecule has 0 unspecified atom stereocenters. The molecule has 21 heavy (non-hydrogen) atoms. The third-order valence-electron chi connectivity index (χ3n) is 3.45. The highest BCUT2D eigenvalue weighted by atomic mass is 35.5. The van der Waals surface area contributed by atoms with Crippen LogP contribution in [0.25, 0.3) is 11.0 Å². The van der Waals surface area contributed by atoms with E-state index in [1.807, 2.05) is 43.7 Å². The van der Waals surface area contributed by atoms with Crippen molar-refractivity contribution in [2.75, 3.05) is 0 Å². The van der Waals surface area contributed by atoms with Crippen LogP contribution in [0, 0.1) is 5.92 Å². The van der Waals surface area contributed by atoms with Gasteiger partial charge in [0, 0.05) is 12.1 Å². The lowest BCUT2D eigenvalue weighted by atomic mass is 10.0. The summed E-state index contributed by atoms with van der Waals surface area (Å²) in [5, 5.41) is 12.9. The number of nitrogens with zero attached hydrogens (tertiary/aromatic N) is 2. The number of imidazole rings is 1. The minimum Gasteiger partial charge on any atom is -0.480 e. The zero-order chi connectivity index (χ0) is 15.6. The van der Waals surface area contributed by atoms with E-state index in [9.17, 15) is 9.90 Å². The van der Waals surface area contributed by atoms with E-state index in [0.29, 0.717) is 23.9 Å². The van der Waals surface area contributed by atoms with Crippen LogP contribution in [0.1, 0.15) is 26.1 Å². The number of benzene rings is 1. The number of halogens is 1. The average molecular weight is 310 g/mol. The van der Waals surface area contributed by atoms with Crippen molar-refractivity contribution in [2.45, 2.75) is 32.9 Å². The second-order valence-electron chi connectivity index (χ2n) is 5.62. The number of carboxylic acids is 1. The summed E-state index contributed by atoms with van der Waals surface area (Å²) in [5.74, 6) is 0.283. The third-order valence-corrected chi connectivity index (χ3v) is 3.68. The first-order valence-corrected chi connectivity index (χ1v) is 7.33. The van der Waals surface area contributed by atoms with Gasteiger partial charge < -0.3 is 9.67 Å². The fourth-order valence-electron chi connectivity index (χ4n) is 2.34.